The monoisotopic (exact) mass is 317 g/mol. The smallest absolute Gasteiger partial charge is 0.407 e. The Kier molecular flexibility index (Phi) is 5.86. The summed E-state index contributed by atoms with van der Waals surface area (Å²) in [6.07, 6.45) is 1.10. The Labute approximate surface area is 133 Å². The maximum absolute atomic E-state index is 13.2. The summed E-state index contributed by atoms with van der Waals surface area (Å²) in [7, 11) is 0. The summed E-state index contributed by atoms with van der Waals surface area (Å²) in [5, 5.41) is 2.60. The highest BCUT2D eigenvalue weighted by Gasteiger charge is 2.12. The quantitative estimate of drug-likeness (QED) is 0.818. The van der Waals surface area contributed by atoms with Gasteiger partial charge in [0.2, 0.25) is 0 Å². The Morgan fingerprint density at radius 3 is 2.39 bits per heavy atom. The molecule has 0 aliphatic carbocycles. The molecule has 0 unspecified atom stereocenters. The van der Waals surface area contributed by atoms with Gasteiger partial charge in [0, 0.05) is 6.07 Å². The highest BCUT2D eigenvalue weighted by Crippen LogP contribution is 2.11. The number of alkyl carbamates (subject to hydrolysis) is 1. The van der Waals surface area contributed by atoms with Crippen molar-refractivity contribution >= 4 is 6.09 Å². The van der Waals surface area contributed by atoms with E-state index in [1.807, 2.05) is 30.3 Å². The van der Waals surface area contributed by atoms with Crippen molar-refractivity contribution in [2.75, 3.05) is 0 Å². The molecule has 0 bridgehead atoms. The largest absolute Gasteiger partial charge is 0.445 e. The van der Waals surface area contributed by atoms with Gasteiger partial charge in [-0.1, -0.05) is 36.4 Å². The van der Waals surface area contributed by atoms with E-state index in [0.717, 1.165) is 11.6 Å². The fourth-order valence-corrected chi connectivity index (χ4v) is 2.09. The molecule has 0 saturated carbocycles. The number of halogens is 2. The number of ether oxygens (including phenoxy) is 1. The zero-order chi connectivity index (χ0) is 16.7. The molecular formula is C18H17F2NO2. The van der Waals surface area contributed by atoms with Crippen LogP contribution in [0, 0.1) is 11.6 Å². The van der Waals surface area contributed by atoms with Gasteiger partial charge >= 0.3 is 6.09 Å². The van der Waals surface area contributed by atoms with Crippen LogP contribution < -0.4 is 5.32 Å². The second-order valence-electron chi connectivity index (χ2n) is 5.03. The molecule has 0 radical (unpaired) electrons. The highest BCUT2D eigenvalue weighted by molar-refractivity contribution is 5.68. The van der Waals surface area contributed by atoms with Crippen LogP contribution in [0.4, 0.5) is 13.6 Å². The van der Waals surface area contributed by atoms with Crippen LogP contribution in [0.1, 0.15) is 11.1 Å². The third-order valence-corrected chi connectivity index (χ3v) is 3.18. The molecule has 3 nitrogen and oxygen atoms in total. The molecular weight excluding hydrogens is 300 g/mol. The summed E-state index contributed by atoms with van der Waals surface area (Å²) >= 11 is 0. The van der Waals surface area contributed by atoms with Gasteiger partial charge in [0.1, 0.15) is 18.2 Å². The first-order chi connectivity index (χ1) is 11.1. The van der Waals surface area contributed by atoms with E-state index in [0.29, 0.717) is 5.56 Å². The van der Waals surface area contributed by atoms with Crippen LogP contribution in [-0.2, 0) is 17.8 Å². The van der Waals surface area contributed by atoms with Crippen LogP contribution in [0.25, 0.3) is 0 Å². The molecule has 1 N–H and O–H groups in total. The van der Waals surface area contributed by atoms with Crippen LogP contribution in [-0.4, -0.2) is 12.1 Å². The summed E-state index contributed by atoms with van der Waals surface area (Å²) in [4.78, 5) is 11.8. The highest BCUT2D eigenvalue weighted by atomic mass is 19.1. The third-order valence-electron chi connectivity index (χ3n) is 3.18. The molecule has 1 atom stereocenters. The van der Waals surface area contributed by atoms with Crippen molar-refractivity contribution in [2.45, 2.75) is 19.1 Å². The molecule has 1 amide bonds. The van der Waals surface area contributed by atoms with E-state index in [1.54, 1.807) is 0 Å². The number of benzene rings is 2. The minimum Gasteiger partial charge on any atom is -0.445 e. The van der Waals surface area contributed by atoms with Gasteiger partial charge in [0.05, 0.1) is 6.04 Å². The third kappa shape index (κ3) is 5.54. The SMILES string of the molecule is C=C[C@@H](Cc1cc(F)cc(F)c1)NC(=O)OCc1ccccc1. The Hall–Kier alpha value is -2.69. The van der Waals surface area contributed by atoms with Gasteiger partial charge in [-0.3, -0.25) is 0 Å². The normalized spacial score (nSPS) is 11.6. The van der Waals surface area contributed by atoms with Crippen LogP contribution in [0.5, 0.6) is 0 Å². The second kappa shape index (κ2) is 8.08. The lowest BCUT2D eigenvalue weighted by Gasteiger charge is -2.15. The van der Waals surface area contributed by atoms with Crippen molar-refractivity contribution in [2.24, 2.45) is 0 Å². The Bertz CT molecular complexity index is 654. The van der Waals surface area contributed by atoms with E-state index >= 15 is 0 Å². The van der Waals surface area contributed by atoms with E-state index < -0.39 is 23.8 Å². The molecule has 120 valence electrons. The van der Waals surface area contributed by atoms with Crippen molar-refractivity contribution in [3.8, 4) is 0 Å². The molecule has 0 aliphatic rings. The summed E-state index contributed by atoms with van der Waals surface area (Å²) < 4.78 is 31.5. The van der Waals surface area contributed by atoms with Gasteiger partial charge in [-0.05, 0) is 29.7 Å². The lowest BCUT2D eigenvalue weighted by Crippen LogP contribution is -2.35. The van der Waals surface area contributed by atoms with Gasteiger partial charge in [0.15, 0.2) is 0 Å². The molecule has 5 heteroatoms. The first-order valence-corrected chi connectivity index (χ1v) is 7.11. The minimum atomic E-state index is -0.658. The number of hydrogen-bond acceptors (Lipinski definition) is 2. The minimum absolute atomic E-state index is 0.144. The Morgan fingerprint density at radius 2 is 1.78 bits per heavy atom. The van der Waals surface area contributed by atoms with Gasteiger partial charge in [-0.25, -0.2) is 13.6 Å². The number of nitrogens with one attached hydrogen (secondary N) is 1. The van der Waals surface area contributed by atoms with Crippen LogP contribution in [0.15, 0.2) is 61.2 Å². The summed E-state index contributed by atoms with van der Waals surface area (Å²) in [5.41, 5.74) is 1.29. The molecule has 0 fully saturated rings. The Balaban J connectivity index is 1.88. The van der Waals surface area contributed by atoms with Crippen molar-refractivity contribution in [3.05, 3.63) is 83.9 Å². The number of rotatable bonds is 6. The van der Waals surface area contributed by atoms with Gasteiger partial charge < -0.3 is 10.1 Å². The van der Waals surface area contributed by atoms with Crippen LogP contribution >= 0.6 is 0 Å². The van der Waals surface area contributed by atoms with E-state index in [-0.39, 0.29) is 13.0 Å². The number of hydrogen-bond donors (Lipinski definition) is 1. The molecule has 0 saturated heterocycles. The summed E-state index contributed by atoms with van der Waals surface area (Å²) in [6.45, 7) is 3.76. The zero-order valence-electron chi connectivity index (χ0n) is 12.5. The number of carbonyl (C=O) groups is 1. The standard InChI is InChI=1S/C18H17F2NO2/c1-2-17(10-14-8-15(19)11-16(20)9-14)21-18(22)23-12-13-6-4-3-5-7-13/h2-9,11,17H,1,10,12H2,(H,21,22)/t17-/m0/s1. The van der Waals surface area contributed by atoms with Gasteiger partial charge in [0.25, 0.3) is 0 Å². The van der Waals surface area contributed by atoms with Crippen molar-refractivity contribution in [1.29, 1.82) is 0 Å². The maximum Gasteiger partial charge on any atom is 0.407 e. The van der Waals surface area contributed by atoms with E-state index in [1.165, 1.54) is 18.2 Å². The fourth-order valence-electron chi connectivity index (χ4n) is 2.09. The lowest BCUT2D eigenvalue weighted by molar-refractivity contribution is 0.137. The first kappa shape index (κ1) is 16.7. The molecule has 0 aliphatic heterocycles. The molecule has 0 spiro atoms. The average Bonchev–Trinajstić information content (AvgIpc) is 2.52. The van der Waals surface area contributed by atoms with Crippen molar-refractivity contribution < 1.29 is 18.3 Å². The van der Waals surface area contributed by atoms with Gasteiger partial charge in [-0.15, -0.1) is 6.58 Å². The second-order valence-corrected chi connectivity index (χ2v) is 5.03. The van der Waals surface area contributed by atoms with Gasteiger partial charge in [-0.2, -0.15) is 0 Å². The van der Waals surface area contributed by atoms with E-state index in [2.05, 4.69) is 11.9 Å². The predicted octanol–water partition coefficient (Wildman–Crippen LogP) is 3.99. The molecule has 0 heterocycles. The average molecular weight is 317 g/mol. The topological polar surface area (TPSA) is 38.3 Å². The lowest BCUT2D eigenvalue weighted by atomic mass is 10.1. The number of carbonyl (C=O) groups excluding carboxylic acids is 1. The van der Waals surface area contributed by atoms with Crippen LogP contribution in [0.2, 0.25) is 0 Å². The molecule has 2 rings (SSSR count). The van der Waals surface area contributed by atoms with Crippen molar-refractivity contribution in [1.82, 2.24) is 5.32 Å². The molecule has 0 aromatic heterocycles. The fraction of sp³-hybridized carbons (Fsp3) is 0.167. The molecule has 2 aromatic rings. The molecule has 23 heavy (non-hydrogen) atoms. The Morgan fingerprint density at radius 1 is 1.13 bits per heavy atom. The molecule has 2 aromatic carbocycles. The first-order valence-electron chi connectivity index (χ1n) is 7.11. The number of amides is 1. The van der Waals surface area contributed by atoms with E-state index in [4.69, 9.17) is 4.74 Å². The summed E-state index contributed by atoms with van der Waals surface area (Å²) in [5.74, 6) is -1.32. The van der Waals surface area contributed by atoms with Crippen LogP contribution in [0.3, 0.4) is 0 Å². The predicted molar refractivity (Wildman–Crippen MR) is 83.8 cm³/mol. The van der Waals surface area contributed by atoms with E-state index in [9.17, 15) is 13.6 Å². The summed E-state index contributed by atoms with van der Waals surface area (Å²) in [6, 6.07) is 12.0. The van der Waals surface area contributed by atoms with Crippen molar-refractivity contribution in [3.63, 3.8) is 0 Å². The zero-order valence-corrected chi connectivity index (χ0v) is 12.5. The maximum atomic E-state index is 13.2.